The Kier molecular flexibility index (Phi) is 5.08. The molecule has 4 rings (SSSR count). The van der Waals surface area contributed by atoms with E-state index < -0.39 is 5.91 Å². The Balaban J connectivity index is 1.56. The lowest BCUT2D eigenvalue weighted by molar-refractivity contribution is -0.116. The van der Waals surface area contributed by atoms with Gasteiger partial charge in [0.15, 0.2) is 5.65 Å². The lowest BCUT2D eigenvalue weighted by Gasteiger charge is -2.09. The first kappa shape index (κ1) is 19.1. The van der Waals surface area contributed by atoms with Gasteiger partial charge >= 0.3 is 0 Å². The lowest BCUT2D eigenvalue weighted by Crippen LogP contribution is -2.28. The van der Waals surface area contributed by atoms with Gasteiger partial charge in [0.05, 0.1) is 11.9 Å². The van der Waals surface area contributed by atoms with Crippen LogP contribution in [0.2, 0.25) is 0 Å². The van der Waals surface area contributed by atoms with Crippen LogP contribution >= 0.6 is 0 Å². The normalized spacial score (nSPS) is 10.7. The third-order valence-corrected chi connectivity index (χ3v) is 4.50. The van der Waals surface area contributed by atoms with Crippen LogP contribution in [0.25, 0.3) is 16.7 Å². The van der Waals surface area contributed by atoms with Gasteiger partial charge < -0.3 is 10.6 Å². The number of amides is 2. The molecule has 0 fully saturated rings. The number of nitrogens with zero attached hydrogens (tertiary/aromatic N) is 4. The van der Waals surface area contributed by atoms with E-state index in [0.717, 1.165) is 5.69 Å². The molecule has 0 unspecified atom stereocenters. The van der Waals surface area contributed by atoms with Crippen LogP contribution in [0.15, 0.2) is 71.9 Å². The Labute approximate surface area is 171 Å². The first-order valence-corrected chi connectivity index (χ1v) is 9.17. The SMILES string of the molecule is CNC(=O)c1cccc(NC(=O)Cn2cnc3c(cnn3-c3ccccc3)c2=O)c1. The van der Waals surface area contributed by atoms with Gasteiger partial charge in [0.25, 0.3) is 11.5 Å². The fraction of sp³-hybridized carbons (Fsp3) is 0.0952. The number of carbonyl (C=O) groups is 2. The number of rotatable bonds is 5. The number of carbonyl (C=O) groups excluding carboxylic acids is 2. The molecule has 2 aromatic carbocycles. The van der Waals surface area contributed by atoms with Crippen molar-refractivity contribution in [2.75, 3.05) is 12.4 Å². The van der Waals surface area contributed by atoms with Crippen molar-refractivity contribution in [3.05, 3.63) is 83.0 Å². The average Bonchev–Trinajstić information content (AvgIpc) is 3.21. The van der Waals surface area contributed by atoms with E-state index in [0.29, 0.717) is 22.3 Å². The molecule has 2 heterocycles. The second kappa shape index (κ2) is 8.00. The van der Waals surface area contributed by atoms with Crippen molar-refractivity contribution in [1.29, 1.82) is 0 Å². The van der Waals surface area contributed by atoms with E-state index in [9.17, 15) is 14.4 Å². The number of hydrogen-bond donors (Lipinski definition) is 2. The second-order valence-corrected chi connectivity index (χ2v) is 6.51. The minimum Gasteiger partial charge on any atom is -0.355 e. The van der Waals surface area contributed by atoms with Crippen LogP contribution in [0, 0.1) is 0 Å². The Morgan fingerprint density at radius 1 is 1.07 bits per heavy atom. The summed E-state index contributed by atoms with van der Waals surface area (Å²) in [6, 6.07) is 15.9. The highest BCUT2D eigenvalue weighted by Gasteiger charge is 2.13. The summed E-state index contributed by atoms with van der Waals surface area (Å²) in [5, 5.41) is 9.78. The summed E-state index contributed by atoms with van der Waals surface area (Å²) in [5.74, 6) is -0.671. The van der Waals surface area contributed by atoms with Crippen molar-refractivity contribution in [3.63, 3.8) is 0 Å². The number of anilines is 1. The first-order chi connectivity index (χ1) is 14.6. The minimum absolute atomic E-state index is 0.220. The van der Waals surface area contributed by atoms with Crippen molar-refractivity contribution >= 4 is 28.5 Å². The molecule has 0 aliphatic carbocycles. The number of aromatic nitrogens is 4. The molecule has 2 aromatic heterocycles. The molecule has 150 valence electrons. The highest BCUT2D eigenvalue weighted by Crippen LogP contribution is 2.13. The molecule has 2 amide bonds. The fourth-order valence-electron chi connectivity index (χ4n) is 3.06. The summed E-state index contributed by atoms with van der Waals surface area (Å²) in [4.78, 5) is 41.3. The third kappa shape index (κ3) is 3.68. The summed E-state index contributed by atoms with van der Waals surface area (Å²) >= 11 is 0. The zero-order chi connectivity index (χ0) is 21.1. The molecule has 0 atom stereocenters. The number of para-hydroxylation sites is 1. The van der Waals surface area contributed by atoms with E-state index in [1.165, 1.54) is 24.1 Å². The zero-order valence-corrected chi connectivity index (χ0v) is 16.1. The van der Waals surface area contributed by atoms with E-state index in [4.69, 9.17) is 0 Å². The van der Waals surface area contributed by atoms with E-state index in [-0.39, 0.29) is 18.0 Å². The summed E-state index contributed by atoms with van der Waals surface area (Å²) < 4.78 is 2.79. The molecule has 0 aliphatic rings. The van der Waals surface area contributed by atoms with E-state index in [1.807, 2.05) is 30.3 Å². The Hall–Kier alpha value is -4.27. The van der Waals surface area contributed by atoms with Crippen LogP contribution in [-0.4, -0.2) is 38.2 Å². The van der Waals surface area contributed by atoms with Crippen LogP contribution in [0.5, 0.6) is 0 Å². The second-order valence-electron chi connectivity index (χ2n) is 6.51. The summed E-state index contributed by atoms with van der Waals surface area (Å²) in [5.41, 5.74) is 1.72. The molecule has 9 heteroatoms. The molecule has 4 aromatic rings. The average molecular weight is 402 g/mol. The fourth-order valence-corrected chi connectivity index (χ4v) is 3.06. The van der Waals surface area contributed by atoms with Crippen molar-refractivity contribution in [3.8, 4) is 5.69 Å². The largest absolute Gasteiger partial charge is 0.355 e. The van der Waals surface area contributed by atoms with Gasteiger partial charge in [-0.1, -0.05) is 24.3 Å². The third-order valence-electron chi connectivity index (χ3n) is 4.50. The Bertz CT molecular complexity index is 1290. The molecule has 2 N–H and O–H groups in total. The highest BCUT2D eigenvalue weighted by atomic mass is 16.2. The van der Waals surface area contributed by atoms with Crippen molar-refractivity contribution in [2.45, 2.75) is 6.54 Å². The maximum Gasteiger partial charge on any atom is 0.264 e. The summed E-state index contributed by atoms with van der Waals surface area (Å²) in [6.07, 6.45) is 2.77. The zero-order valence-electron chi connectivity index (χ0n) is 16.1. The standard InChI is InChI=1S/C21H18N6O3/c1-22-20(29)14-6-5-7-15(10-14)25-18(28)12-26-13-23-19-17(21(26)30)11-24-27(19)16-8-3-2-4-9-16/h2-11,13H,12H2,1H3,(H,22,29)(H,25,28). The highest BCUT2D eigenvalue weighted by molar-refractivity contribution is 5.97. The van der Waals surface area contributed by atoms with E-state index in [1.54, 1.807) is 28.9 Å². The van der Waals surface area contributed by atoms with Crippen LogP contribution < -0.4 is 16.2 Å². The molecule has 30 heavy (non-hydrogen) atoms. The van der Waals surface area contributed by atoms with Gasteiger partial charge in [0.2, 0.25) is 5.91 Å². The number of nitrogens with one attached hydrogen (secondary N) is 2. The van der Waals surface area contributed by atoms with Gasteiger partial charge in [-0.25, -0.2) is 9.67 Å². The van der Waals surface area contributed by atoms with Crippen LogP contribution in [-0.2, 0) is 11.3 Å². The van der Waals surface area contributed by atoms with E-state index >= 15 is 0 Å². The van der Waals surface area contributed by atoms with Gasteiger partial charge in [-0.3, -0.25) is 19.0 Å². The molecule has 0 radical (unpaired) electrons. The summed E-state index contributed by atoms with van der Waals surface area (Å²) in [6.45, 7) is -0.220. The summed E-state index contributed by atoms with van der Waals surface area (Å²) in [7, 11) is 1.53. The molecule has 9 nitrogen and oxygen atoms in total. The quantitative estimate of drug-likeness (QED) is 0.527. The predicted octanol–water partition coefficient (Wildman–Crippen LogP) is 1.58. The molecule has 0 saturated carbocycles. The number of benzene rings is 2. The molecule has 0 saturated heterocycles. The number of hydrogen-bond acceptors (Lipinski definition) is 5. The minimum atomic E-state index is -0.414. The maximum absolute atomic E-state index is 12.8. The smallest absolute Gasteiger partial charge is 0.264 e. The van der Waals surface area contributed by atoms with Gasteiger partial charge in [0, 0.05) is 18.3 Å². The number of fused-ring (bicyclic) bond motifs is 1. The Morgan fingerprint density at radius 3 is 2.63 bits per heavy atom. The lowest BCUT2D eigenvalue weighted by atomic mass is 10.2. The van der Waals surface area contributed by atoms with Crippen molar-refractivity contribution in [1.82, 2.24) is 24.6 Å². The molecule has 0 aliphatic heterocycles. The monoisotopic (exact) mass is 402 g/mol. The van der Waals surface area contributed by atoms with E-state index in [2.05, 4.69) is 20.7 Å². The molecule has 0 bridgehead atoms. The van der Waals surface area contributed by atoms with Crippen molar-refractivity contribution < 1.29 is 9.59 Å². The molecule has 0 spiro atoms. The molecular weight excluding hydrogens is 384 g/mol. The van der Waals surface area contributed by atoms with Crippen molar-refractivity contribution in [2.24, 2.45) is 0 Å². The van der Waals surface area contributed by atoms with Crippen LogP contribution in [0.4, 0.5) is 5.69 Å². The molecular formula is C21H18N6O3. The first-order valence-electron chi connectivity index (χ1n) is 9.17. The van der Waals surface area contributed by atoms with Gasteiger partial charge in [-0.2, -0.15) is 5.10 Å². The van der Waals surface area contributed by atoms with Crippen LogP contribution in [0.3, 0.4) is 0 Å². The maximum atomic E-state index is 12.8. The topological polar surface area (TPSA) is 111 Å². The van der Waals surface area contributed by atoms with Crippen LogP contribution in [0.1, 0.15) is 10.4 Å². The van der Waals surface area contributed by atoms with Gasteiger partial charge in [-0.05, 0) is 30.3 Å². The predicted molar refractivity (Wildman–Crippen MR) is 112 cm³/mol. The van der Waals surface area contributed by atoms with Gasteiger partial charge in [0.1, 0.15) is 18.3 Å². The Morgan fingerprint density at radius 2 is 1.87 bits per heavy atom. The van der Waals surface area contributed by atoms with Gasteiger partial charge in [-0.15, -0.1) is 0 Å².